The van der Waals surface area contributed by atoms with E-state index in [4.69, 9.17) is 5.73 Å². The SMILES string of the molecule is C=CCn1nc(SCC(N)=O)nc1-c1ccc(Br)cc1. The number of halogens is 1. The molecule has 2 N–H and O–H groups in total. The third-order valence-electron chi connectivity index (χ3n) is 2.40. The zero-order chi connectivity index (χ0) is 14.5. The van der Waals surface area contributed by atoms with Gasteiger partial charge in [-0.1, -0.05) is 45.9 Å². The Morgan fingerprint density at radius 3 is 2.75 bits per heavy atom. The number of nitrogens with two attached hydrogens (primary N) is 1. The van der Waals surface area contributed by atoms with Crippen molar-refractivity contribution in [1.29, 1.82) is 0 Å². The summed E-state index contributed by atoms with van der Waals surface area (Å²) in [5, 5.41) is 4.88. The maximum absolute atomic E-state index is 10.8. The van der Waals surface area contributed by atoms with Crippen molar-refractivity contribution in [2.24, 2.45) is 5.73 Å². The highest BCUT2D eigenvalue weighted by Crippen LogP contribution is 2.23. The van der Waals surface area contributed by atoms with E-state index in [-0.39, 0.29) is 11.7 Å². The van der Waals surface area contributed by atoms with Gasteiger partial charge in [0.1, 0.15) is 0 Å². The smallest absolute Gasteiger partial charge is 0.227 e. The predicted molar refractivity (Wildman–Crippen MR) is 83.3 cm³/mol. The zero-order valence-corrected chi connectivity index (χ0v) is 13.0. The summed E-state index contributed by atoms with van der Waals surface area (Å²) in [5.74, 6) is 0.516. The summed E-state index contributed by atoms with van der Waals surface area (Å²) in [6, 6.07) is 7.80. The largest absolute Gasteiger partial charge is 0.369 e. The summed E-state index contributed by atoms with van der Waals surface area (Å²) in [4.78, 5) is 15.3. The van der Waals surface area contributed by atoms with Crippen molar-refractivity contribution in [1.82, 2.24) is 14.8 Å². The van der Waals surface area contributed by atoms with Crippen molar-refractivity contribution < 1.29 is 4.79 Å². The zero-order valence-electron chi connectivity index (χ0n) is 10.6. The lowest BCUT2D eigenvalue weighted by atomic mass is 10.2. The summed E-state index contributed by atoms with van der Waals surface area (Å²) in [5.41, 5.74) is 6.08. The van der Waals surface area contributed by atoms with Gasteiger partial charge in [0, 0.05) is 10.0 Å². The van der Waals surface area contributed by atoms with Crippen LogP contribution in [0.15, 0.2) is 46.5 Å². The number of thioether (sulfide) groups is 1. The number of primary amides is 1. The van der Waals surface area contributed by atoms with Crippen molar-refractivity contribution in [2.75, 3.05) is 5.75 Å². The highest BCUT2D eigenvalue weighted by molar-refractivity contribution is 9.10. The molecule has 2 aromatic rings. The maximum atomic E-state index is 10.8. The van der Waals surface area contributed by atoms with Crippen LogP contribution in [-0.2, 0) is 11.3 Å². The molecule has 0 spiro atoms. The Bertz CT molecular complexity index is 624. The Morgan fingerprint density at radius 1 is 1.45 bits per heavy atom. The lowest BCUT2D eigenvalue weighted by molar-refractivity contribution is -0.115. The molecule has 0 unspecified atom stereocenters. The molecule has 5 nitrogen and oxygen atoms in total. The summed E-state index contributed by atoms with van der Waals surface area (Å²) in [6.07, 6.45) is 1.75. The predicted octanol–water partition coefficient (Wildman–Crippen LogP) is 2.47. The highest BCUT2D eigenvalue weighted by Gasteiger charge is 2.12. The molecule has 0 atom stereocenters. The molecule has 1 aromatic carbocycles. The third-order valence-corrected chi connectivity index (χ3v) is 3.79. The molecule has 0 bridgehead atoms. The van der Waals surface area contributed by atoms with E-state index in [2.05, 4.69) is 32.6 Å². The number of nitrogens with zero attached hydrogens (tertiary/aromatic N) is 3. The van der Waals surface area contributed by atoms with Gasteiger partial charge in [0.25, 0.3) is 0 Å². The molecule has 0 fully saturated rings. The quantitative estimate of drug-likeness (QED) is 0.640. The summed E-state index contributed by atoms with van der Waals surface area (Å²) in [7, 11) is 0. The first-order valence-electron chi connectivity index (χ1n) is 5.83. The number of benzene rings is 1. The molecule has 104 valence electrons. The number of amides is 1. The molecule has 1 heterocycles. The average molecular weight is 353 g/mol. The monoisotopic (exact) mass is 352 g/mol. The van der Waals surface area contributed by atoms with Crippen molar-refractivity contribution in [3.8, 4) is 11.4 Å². The van der Waals surface area contributed by atoms with Crippen LogP contribution in [-0.4, -0.2) is 26.4 Å². The van der Waals surface area contributed by atoms with Gasteiger partial charge in [0.2, 0.25) is 11.1 Å². The van der Waals surface area contributed by atoms with Gasteiger partial charge in [-0.3, -0.25) is 4.79 Å². The molecule has 1 aromatic heterocycles. The number of aromatic nitrogens is 3. The first kappa shape index (κ1) is 14.8. The molecular weight excluding hydrogens is 340 g/mol. The standard InChI is InChI=1S/C13H13BrN4OS/c1-2-7-18-12(9-3-5-10(14)6-4-9)16-13(17-18)20-8-11(15)19/h2-6H,1,7-8H2,(H2,15,19). The number of rotatable bonds is 6. The second-order valence-corrected chi connectivity index (χ2v) is 5.81. The van der Waals surface area contributed by atoms with Crippen LogP contribution in [0.25, 0.3) is 11.4 Å². The van der Waals surface area contributed by atoms with Crippen LogP contribution in [0.4, 0.5) is 0 Å². The second kappa shape index (κ2) is 6.71. The average Bonchev–Trinajstić information content (AvgIpc) is 2.81. The van der Waals surface area contributed by atoms with Crippen molar-refractivity contribution in [2.45, 2.75) is 11.7 Å². The first-order chi connectivity index (χ1) is 9.60. The van der Waals surface area contributed by atoms with Gasteiger partial charge in [-0.2, -0.15) is 0 Å². The summed E-state index contributed by atoms with van der Waals surface area (Å²) in [6.45, 7) is 4.26. The lowest BCUT2D eigenvalue weighted by Gasteiger charge is -2.02. The minimum atomic E-state index is -0.389. The lowest BCUT2D eigenvalue weighted by Crippen LogP contribution is -2.13. The molecule has 2 rings (SSSR count). The fraction of sp³-hybridized carbons (Fsp3) is 0.154. The third kappa shape index (κ3) is 3.71. The number of carbonyl (C=O) groups is 1. The Kier molecular flexibility index (Phi) is 4.97. The topological polar surface area (TPSA) is 73.8 Å². The summed E-state index contributed by atoms with van der Waals surface area (Å²) >= 11 is 4.62. The van der Waals surface area contributed by atoms with Crippen LogP contribution in [0, 0.1) is 0 Å². The van der Waals surface area contributed by atoms with Crippen LogP contribution < -0.4 is 5.73 Å². The minimum Gasteiger partial charge on any atom is -0.369 e. The highest BCUT2D eigenvalue weighted by atomic mass is 79.9. The van der Waals surface area contributed by atoms with Crippen LogP contribution >= 0.6 is 27.7 Å². The van der Waals surface area contributed by atoms with E-state index in [1.807, 2.05) is 24.3 Å². The molecule has 0 saturated heterocycles. The summed E-state index contributed by atoms with van der Waals surface area (Å²) < 4.78 is 2.75. The Hall–Kier alpha value is -1.60. The van der Waals surface area contributed by atoms with E-state index in [0.29, 0.717) is 11.7 Å². The van der Waals surface area contributed by atoms with E-state index in [0.717, 1.165) is 15.9 Å². The minimum absolute atomic E-state index is 0.165. The fourth-order valence-corrected chi connectivity index (χ4v) is 2.42. The van der Waals surface area contributed by atoms with Crippen molar-refractivity contribution in [3.05, 3.63) is 41.4 Å². The number of carbonyl (C=O) groups excluding carboxylic acids is 1. The van der Waals surface area contributed by atoms with E-state index >= 15 is 0 Å². The van der Waals surface area contributed by atoms with Gasteiger partial charge in [0.05, 0.1) is 12.3 Å². The molecule has 20 heavy (non-hydrogen) atoms. The Morgan fingerprint density at radius 2 is 2.15 bits per heavy atom. The molecule has 7 heteroatoms. The first-order valence-corrected chi connectivity index (χ1v) is 7.61. The van der Waals surface area contributed by atoms with Gasteiger partial charge in [-0.25, -0.2) is 9.67 Å². The maximum Gasteiger partial charge on any atom is 0.227 e. The van der Waals surface area contributed by atoms with E-state index in [9.17, 15) is 4.79 Å². The molecule has 0 aliphatic heterocycles. The molecule has 1 amide bonds. The normalized spacial score (nSPS) is 10.4. The second-order valence-electron chi connectivity index (χ2n) is 3.95. The van der Waals surface area contributed by atoms with E-state index in [1.54, 1.807) is 10.8 Å². The van der Waals surface area contributed by atoms with E-state index < -0.39 is 0 Å². The Labute approximate surface area is 129 Å². The van der Waals surface area contributed by atoms with Crippen molar-refractivity contribution in [3.63, 3.8) is 0 Å². The Balaban J connectivity index is 2.32. The van der Waals surface area contributed by atoms with Gasteiger partial charge in [-0.05, 0) is 12.1 Å². The van der Waals surface area contributed by atoms with Crippen LogP contribution in [0.1, 0.15) is 0 Å². The van der Waals surface area contributed by atoms with Gasteiger partial charge >= 0.3 is 0 Å². The molecule has 0 aliphatic rings. The molecule has 0 aliphatic carbocycles. The van der Waals surface area contributed by atoms with Crippen LogP contribution in [0.2, 0.25) is 0 Å². The molecular formula is C13H13BrN4OS. The van der Waals surface area contributed by atoms with Gasteiger partial charge in [0.15, 0.2) is 5.82 Å². The van der Waals surface area contributed by atoms with Crippen LogP contribution in [0.5, 0.6) is 0 Å². The number of hydrogen-bond acceptors (Lipinski definition) is 4. The molecule has 0 saturated carbocycles. The van der Waals surface area contributed by atoms with Gasteiger partial charge < -0.3 is 5.73 Å². The number of hydrogen-bond donors (Lipinski definition) is 1. The number of allylic oxidation sites excluding steroid dienone is 1. The fourth-order valence-electron chi connectivity index (χ4n) is 1.58. The van der Waals surface area contributed by atoms with Crippen molar-refractivity contribution >= 4 is 33.6 Å². The molecule has 0 radical (unpaired) electrons. The van der Waals surface area contributed by atoms with E-state index in [1.165, 1.54) is 11.8 Å². The van der Waals surface area contributed by atoms with Crippen LogP contribution in [0.3, 0.4) is 0 Å². The van der Waals surface area contributed by atoms with Gasteiger partial charge in [-0.15, -0.1) is 11.7 Å².